The van der Waals surface area contributed by atoms with Crippen LogP contribution in [0.2, 0.25) is 0 Å². The highest BCUT2D eigenvalue weighted by atomic mass is 35.5. The van der Waals surface area contributed by atoms with Crippen LogP contribution in [0.5, 0.6) is 17.2 Å². The highest BCUT2D eigenvalue weighted by Gasteiger charge is 2.31. The summed E-state index contributed by atoms with van der Waals surface area (Å²) >= 11 is 0. The summed E-state index contributed by atoms with van der Waals surface area (Å²) in [7, 11) is 4.48. The highest BCUT2D eigenvalue weighted by molar-refractivity contribution is 5.93. The fraction of sp³-hybridized carbons (Fsp3) is 0.500. The molecule has 1 aromatic carbocycles. The Morgan fingerprint density at radius 3 is 2.28 bits per heavy atom. The summed E-state index contributed by atoms with van der Waals surface area (Å²) in [6, 6.07) is 2.64. The van der Waals surface area contributed by atoms with Crippen molar-refractivity contribution in [3.8, 4) is 17.2 Å². The summed E-state index contributed by atoms with van der Waals surface area (Å²) in [6.07, 6.45) is 1.33. The van der Waals surface area contributed by atoms with E-state index in [1.165, 1.54) is 21.3 Å². The van der Waals surface area contributed by atoms with Gasteiger partial charge in [0.25, 0.3) is 0 Å². The predicted molar refractivity (Wildman–Crippen MR) is 94.2 cm³/mol. The predicted octanol–water partition coefficient (Wildman–Crippen LogP) is 1.62. The minimum atomic E-state index is -0.895. The van der Waals surface area contributed by atoms with Crippen LogP contribution in [-0.2, 0) is 9.59 Å². The molecule has 1 amide bonds. The van der Waals surface area contributed by atoms with E-state index < -0.39 is 12.0 Å². The number of nitrogens with one attached hydrogen (secondary N) is 1. The average Bonchev–Trinajstić information content (AvgIpc) is 3.01. The largest absolute Gasteiger partial charge is 0.493 e. The molecule has 0 radical (unpaired) electrons. The van der Waals surface area contributed by atoms with E-state index in [0.29, 0.717) is 35.9 Å². The molecule has 2 rings (SSSR count). The van der Waals surface area contributed by atoms with Crippen LogP contribution in [-0.4, -0.2) is 62.3 Å². The molecule has 0 aromatic heterocycles. The molecular formula is C16H23ClN2O6. The van der Waals surface area contributed by atoms with Crippen molar-refractivity contribution in [1.82, 2.24) is 4.90 Å². The van der Waals surface area contributed by atoms with Crippen molar-refractivity contribution in [3.05, 3.63) is 12.1 Å². The maximum absolute atomic E-state index is 12.2. The Labute approximate surface area is 152 Å². The third-order valence-corrected chi connectivity index (χ3v) is 3.94. The number of nitrogens with zero attached hydrogens (tertiary/aromatic N) is 1. The minimum Gasteiger partial charge on any atom is -0.493 e. The van der Waals surface area contributed by atoms with Crippen molar-refractivity contribution in [2.75, 3.05) is 39.7 Å². The number of hydrogen-bond acceptors (Lipinski definition) is 6. The Morgan fingerprint density at radius 2 is 1.80 bits per heavy atom. The van der Waals surface area contributed by atoms with E-state index in [0.717, 1.165) is 6.42 Å². The van der Waals surface area contributed by atoms with Crippen LogP contribution in [0.3, 0.4) is 0 Å². The molecule has 1 fully saturated rings. The summed E-state index contributed by atoms with van der Waals surface area (Å²) in [5.74, 6) is 0.0995. The highest BCUT2D eigenvalue weighted by Crippen LogP contribution is 2.39. The molecule has 0 spiro atoms. The number of amides is 1. The number of likely N-dealkylation sites (tertiary alicyclic amines) is 1. The van der Waals surface area contributed by atoms with Gasteiger partial charge in [-0.1, -0.05) is 0 Å². The number of carboxylic acids is 1. The first-order chi connectivity index (χ1) is 11.5. The maximum Gasteiger partial charge on any atom is 0.320 e. The lowest BCUT2D eigenvalue weighted by Crippen LogP contribution is -2.40. The lowest BCUT2D eigenvalue weighted by atomic mass is 10.2. The molecule has 0 bridgehead atoms. The van der Waals surface area contributed by atoms with Crippen LogP contribution in [0, 0.1) is 0 Å². The Kier molecular flexibility index (Phi) is 7.79. The summed E-state index contributed by atoms with van der Waals surface area (Å²) in [6.45, 7) is 0.618. The van der Waals surface area contributed by atoms with Crippen molar-refractivity contribution in [2.45, 2.75) is 18.9 Å². The molecule has 1 aromatic rings. The number of anilines is 1. The molecule has 1 heterocycles. The van der Waals surface area contributed by atoms with E-state index >= 15 is 0 Å². The zero-order valence-electron chi connectivity index (χ0n) is 14.4. The first-order valence-corrected chi connectivity index (χ1v) is 7.56. The molecule has 1 atom stereocenters. The van der Waals surface area contributed by atoms with Gasteiger partial charge >= 0.3 is 5.97 Å². The van der Waals surface area contributed by atoms with Crippen molar-refractivity contribution < 1.29 is 28.9 Å². The maximum atomic E-state index is 12.2. The van der Waals surface area contributed by atoms with Gasteiger partial charge in [-0.3, -0.25) is 14.5 Å². The quantitative estimate of drug-likeness (QED) is 0.748. The second kappa shape index (κ2) is 9.33. The normalized spacial score (nSPS) is 16.7. The molecule has 0 aliphatic carbocycles. The smallest absolute Gasteiger partial charge is 0.320 e. The number of methoxy groups -OCH3 is 3. The van der Waals surface area contributed by atoms with Crippen molar-refractivity contribution in [3.63, 3.8) is 0 Å². The number of rotatable bonds is 7. The Hall–Kier alpha value is -2.19. The van der Waals surface area contributed by atoms with E-state index in [1.807, 2.05) is 0 Å². The van der Waals surface area contributed by atoms with Crippen molar-refractivity contribution in [1.29, 1.82) is 0 Å². The van der Waals surface area contributed by atoms with E-state index in [1.54, 1.807) is 17.0 Å². The number of ether oxygens (including phenoxy) is 3. The number of carbonyl (C=O) groups excluding carboxylic acids is 1. The minimum absolute atomic E-state index is 0. The van der Waals surface area contributed by atoms with Gasteiger partial charge < -0.3 is 24.6 Å². The summed E-state index contributed by atoms with van der Waals surface area (Å²) < 4.78 is 15.7. The number of carboxylic acid groups (broad SMARTS) is 1. The molecular weight excluding hydrogens is 352 g/mol. The van der Waals surface area contributed by atoms with Crippen LogP contribution in [0.1, 0.15) is 12.8 Å². The lowest BCUT2D eigenvalue weighted by molar-refractivity contribution is -0.142. The van der Waals surface area contributed by atoms with Gasteiger partial charge in [0.2, 0.25) is 11.7 Å². The SMILES string of the molecule is COc1cc(NC(=O)CN2CCCC2C(=O)O)cc(OC)c1OC.Cl. The summed E-state index contributed by atoms with van der Waals surface area (Å²) in [4.78, 5) is 25.1. The fourth-order valence-corrected chi connectivity index (χ4v) is 2.83. The van der Waals surface area contributed by atoms with Crippen LogP contribution < -0.4 is 19.5 Å². The van der Waals surface area contributed by atoms with Gasteiger partial charge in [0.05, 0.1) is 27.9 Å². The molecule has 25 heavy (non-hydrogen) atoms. The first kappa shape index (κ1) is 20.9. The number of aliphatic carboxylic acids is 1. The Balaban J connectivity index is 0.00000312. The summed E-state index contributed by atoms with van der Waals surface area (Å²) in [5, 5.41) is 11.9. The molecule has 0 saturated carbocycles. The van der Waals surface area contributed by atoms with Gasteiger partial charge in [-0.15, -0.1) is 12.4 Å². The second-order valence-electron chi connectivity index (χ2n) is 5.43. The van der Waals surface area contributed by atoms with Crippen LogP contribution >= 0.6 is 12.4 Å². The molecule has 1 aliphatic heterocycles. The van der Waals surface area contributed by atoms with E-state index in [4.69, 9.17) is 19.3 Å². The number of halogens is 1. The van der Waals surface area contributed by atoms with E-state index in [2.05, 4.69) is 5.32 Å². The van der Waals surface area contributed by atoms with Gasteiger partial charge in [-0.2, -0.15) is 0 Å². The van der Waals surface area contributed by atoms with Gasteiger partial charge in [-0.05, 0) is 19.4 Å². The van der Waals surface area contributed by atoms with Crippen molar-refractivity contribution >= 4 is 30.0 Å². The van der Waals surface area contributed by atoms with E-state index in [-0.39, 0.29) is 24.9 Å². The molecule has 9 heteroatoms. The molecule has 8 nitrogen and oxygen atoms in total. The number of carbonyl (C=O) groups is 2. The standard InChI is InChI=1S/C16H22N2O6.ClH/c1-22-12-7-10(8-13(23-2)15(12)24-3)17-14(19)9-18-6-4-5-11(18)16(20)21;/h7-8,11H,4-6,9H2,1-3H3,(H,17,19)(H,20,21);1H. The Bertz CT molecular complexity index is 600. The molecule has 1 saturated heterocycles. The zero-order chi connectivity index (χ0) is 17.7. The molecule has 2 N–H and O–H groups in total. The fourth-order valence-electron chi connectivity index (χ4n) is 2.83. The van der Waals surface area contributed by atoms with Crippen LogP contribution in [0.15, 0.2) is 12.1 Å². The van der Waals surface area contributed by atoms with Gasteiger partial charge in [0.1, 0.15) is 6.04 Å². The molecule has 1 aliphatic rings. The van der Waals surface area contributed by atoms with Crippen molar-refractivity contribution in [2.24, 2.45) is 0 Å². The molecule has 1 unspecified atom stereocenters. The van der Waals surface area contributed by atoms with Gasteiger partial charge in [0, 0.05) is 17.8 Å². The third-order valence-electron chi connectivity index (χ3n) is 3.94. The first-order valence-electron chi connectivity index (χ1n) is 7.56. The number of benzene rings is 1. The second-order valence-corrected chi connectivity index (χ2v) is 5.43. The monoisotopic (exact) mass is 374 g/mol. The van der Waals surface area contributed by atoms with Crippen LogP contribution in [0.4, 0.5) is 5.69 Å². The summed E-state index contributed by atoms with van der Waals surface area (Å²) in [5.41, 5.74) is 0.487. The zero-order valence-corrected chi connectivity index (χ0v) is 15.2. The van der Waals surface area contributed by atoms with E-state index in [9.17, 15) is 9.59 Å². The third kappa shape index (κ3) is 4.90. The van der Waals surface area contributed by atoms with Gasteiger partial charge in [0.15, 0.2) is 11.5 Å². The average molecular weight is 375 g/mol. The Morgan fingerprint density at radius 1 is 1.20 bits per heavy atom. The van der Waals surface area contributed by atoms with Gasteiger partial charge in [-0.25, -0.2) is 0 Å². The number of hydrogen-bond donors (Lipinski definition) is 2. The lowest BCUT2D eigenvalue weighted by Gasteiger charge is -2.20. The van der Waals surface area contributed by atoms with Crippen LogP contribution in [0.25, 0.3) is 0 Å². The molecule has 140 valence electrons. The topological polar surface area (TPSA) is 97.3 Å².